The van der Waals surface area contributed by atoms with Gasteiger partial charge in [0.1, 0.15) is 0 Å². The maximum absolute atomic E-state index is 4.71. The van der Waals surface area contributed by atoms with Crippen molar-refractivity contribution in [2.75, 3.05) is 7.11 Å². The quantitative estimate of drug-likeness (QED) is 0.247. The predicted molar refractivity (Wildman–Crippen MR) is 130 cm³/mol. The van der Waals surface area contributed by atoms with Gasteiger partial charge in [-0.15, -0.1) is 23.5 Å². The van der Waals surface area contributed by atoms with Crippen molar-refractivity contribution in [1.29, 1.82) is 0 Å². The zero-order valence-electron chi connectivity index (χ0n) is 22.0. The van der Waals surface area contributed by atoms with Gasteiger partial charge in [-0.05, 0) is 61.4 Å². The molecule has 0 saturated carbocycles. The summed E-state index contributed by atoms with van der Waals surface area (Å²) in [6, 6.07) is 21.5. The molecule has 0 atom stereocenters. The molecule has 5 heteroatoms. The van der Waals surface area contributed by atoms with Gasteiger partial charge in [0.2, 0.25) is 0 Å². The van der Waals surface area contributed by atoms with E-state index in [1.54, 1.807) is 13.4 Å². The van der Waals surface area contributed by atoms with Crippen LogP contribution in [0, 0.1) is 11.8 Å². The molecule has 1 nitrogen and oxygen atoms in total. The van der Waals surface area contributed by atoms with Crippen LogP contribution in [0.3, 0.4) is 0 Å². The SMILES string of the molecule is CC(C)CCC(Sc1ccccc1)Sc1ccccc1.CO/C=C\CC(C)C.[H-].[H-].[Li+].[Li+]. The Hall–Kier alpha value is -0.125. The summed E-state index contributed by atoms with van der Waals surface area (Å²) in [4.78, 5) is 2.73. The summed E-state index contributed by atoms with van der Waals surface area (Å²) >= 11 is 3.98. The van der Waals surface area contributed by atoms with Crippen LogP contribution >= 0.6 is 23.5 Å². The molecule has 0 heterocycles. The summed E-state index contributed by atoms with van der Waals surface area (Å²) in [5, 5.41) is 0. The summed E-state index contributed by atoms with van der Waals surface area (Å²) in [6.07, 6.45) is 7.39. The molecule has 0 saturated heterocycles. The second-order valence-corrected chi connectivity index (χ2v) is 10.4. The number of methoxy groups -OCH3 is 1. The number of thioether (sulfide) groups is 2. The number of allylic oxidation sites excluding steroid dienone is 1. The second kappa shape index (κ2) is 20.8. The van der Waals surface area contributed by atoms with E-state index in [9.17, 15) is 0 Å². The van der Waals surface area contributed by atoms with E-state index < -0.39 is 0 Å². The average Bonchev–Trinajstić information content (AvgIpc) is 2.68. The average molecular weight is 433 g/mol. The van der Waals surface area contributed by atoms with Gasteiger partial charge in [-0.3, -0.25) is 0 Å². The molecule has 0 aromatic heterocycles. The van der Waals surface area contributed by atoms with E-state index in [4.69, 9.17) is 4.74 Å². The monoisotopic (exact) mass is 432 g/mol. The van der Waals surface area contributed by atoms with Crippen molar-refractivity contribution in [3.8, 4) is 0 Å². The molecule has 0 aliphatic heterocycles. The Bertz CT molecular complexity index is 603. The van der Waals surface area contributed by atoms with Gasteiger partial charge in [0.15, 0.2) is 0 Å². The summed E-state index contributed by atoms with van der Waals surface area (Å²) in [7, 11) is 1.66. The molecule has 0 fully saturated rings. The van der Waals surface area contributed by atoms with Gasteiger partial charge in [0.25, 0.3) is 0 Å². The van der Waals surface area contributed by atoms with Crippen molar-refractivity contribution in [3.05, 3.63) is 73.0 Å². The molecule has 158 valence electrons. The topological polar surface area (TPSA) is 9.23 Å². The van der Waals surface area contributed by atoms with E-state index in [0.717, 1.165) is 18.3 Å². The normalized spacial score (nSPS) is 10.4. The molecule has 0 unspecified atom stereocenters. The van der Waals surface area contributed by atoms with Gasteiger partial charge in [-0.1, -0.05) is 64.1 Å². The van der Waals surface area contributed by atoms with Crippen LogP contribution in [0.25, 0.3) is 0 Å². The van der Waals surface area contributed by atoms with Gasteiger partial charge in [0.05, 0.1) is 18.0 Å². The fraction of sp³-hybridized carbons (Fsp3) is 0.440. The van der Waals surface area contributed by atoms with E-state index in [-0.39, 0.29) is 40.6 Å². The first kappa shape index (κ1) is 32.1. The summed E-state index contributed by atoms with van der Waals surface area (Å²) in [6.45, 7) is 8.97. The Labute approximate surface area is 220 Å². The Morgan fingerprint density at radius 1 is 0.767 bits per heavy atom. The van der Waals surface area contributed by atoms with Crippen LogP contribution in [0.2, 0.25) is 0 Å². The molecule has 0 amide bonds. The zero-order chi connectivity index (χ0) is 20.6. The van der Waals surface area contributed by atoms with Crippen LogP contribution in [-0.2, 0) is 4.74 Å². The Balaban J connectivity index is -0.000000286. The van der Waals surface area contributed by atoms with Crippen molar-refractivity contribution in [2.24, 2.45) is 11.8 Å². The molecule has 0 aliphatic carbocycles. The molecule has 0 aliphatic rings. The van der Waals surface area contributed by atoms with Crippen LogP contribution in [0.1, 0.15) is 49.8 Å². The zero-order valence-corrected chi connectivity index (χ0v) is 21.6. The maximum Gasteiger partial charge on any atom is 1.00 e. The van der Waals surface area contributed by atoms with Crippen molar-refractivity contribution in [1.82, 2.24) is 0 Å². The number of benzene rings is 2. The molecule has 0 spiro atoms. The van der Waals surface area contributed by atoms with Gasteiger partial charge < -0.3 is 7.59 Å². The van der Waals surface area contributed by atoms with Crippen LogP contribution < -0.4 is 37.7 Å². The van der Waals surface area contributed by atoms with Crippen molar-refractivity contribution < 1.29 is 45.3 Å². The standard InChI is InChI=1S/C18H22S2.C7H14O.2Li.2H/c1-15(2)13-14-18(19-16-9-5-3-6-10-16)20-17-11-7-4-8-12-17;1-7(2)5-4-6-8-3;;;;/h3-12,15,18H,13-14H2,1-2H3;4,6-7H,5H2,1-3H3;;;;/q;;2*+1;2*-1/b;6-4-;;;;. The predicted octanol–water partition coefficient (Wildman–Crippen LogP) is 2.76. The molecule has 0 radical (unpaired) electrons. The van der Waals surface area contributed by atoms with E-state index in [0.29, 0.717) is 4.58 Å². The minimum Gasteiger partial charge on any atom is -1.00 e. The van der Waals surface area contributed by atoms with Gasteiger partial charge in [0, 0.05) is 9.79 Å². The van der Waals surface area contributed by atoms with Crippen molar-refractivity contribution in [2.45, 2.75) is 61.3 Å². The molecule has 2 aromatic carbocycles. The fourth-order valence-corrected chi connectivity index (χ4v) is 4.94. The summed E-state index contributed by atoms with van der Waals surface area (Å²) in [5.41, 5.74) is 0. The summed E-state index contributed by atoms with van der Waals surface area (Å²) < 4.78 is 5.30. The Morgan fingerprint density at radius 2 is 1.23 bits per heavy atom. The molecule has 0 bridgehead atoms. The number of ether oxygens (including phenoxy) is 1. The Kier molecular flexibility index (Phi) is 22.2. The van der Waals surface area contributed by atoms with Gasteiger partial charge >= 0.3 is 37.7 Å². The first-order valence-electron chi connectivity index (χ1n) is 10.1. The maximum atomic E-state index is 4.71. The molecular formula is C25H38Li2OS2. The smallest absolute Gasteiger partial charge is 1.00 e. The van der Waals surface area contributed by atoms with Gasteiger partial charge in [-0.25, -0.2) is 0 Å². The van der Waals surface area contributed by atoms with E-state index in [1.807, 2.05) is 29.6 Å². The van der Waals surface area contributed by atoms with E-state index >= 15 is 0 Å². The Morgan fingerprint density at radius 3 is 1.60 bits per heavy atom. The number of rotatable bonds is 10. The molecule has 30 heavy (non-hydrogen) atoms. The number of hydrogen-bond donors (Lipinski definition) is 0. The van der Waals surface area contributed by atoms with Crippen LogP contribution in [0.5, 0.6) is 0 Å². The van der Waals surface area contributed by atoms with E-state index in [1.165, 1.54) is 22.6 Å². The van der Waals surface area contributed by atoms with E-state index in [2.05, 4.69) is 88.4 Å². The minimum absolute atomic E-state index is 0. The van der Waals surface area contributed by atoms with Crippen LogP contribution in [-0.4, -0.2) is 11.7 Å². The van der Waals surface area contributed by atoms with Crippen molar-refractivity contribution in [3.63, 3.8) is 0 Å². The van der Waals surface area contributed by atoms with Gasteiger partial charge in [-0.2, -0.15) is 0 Å². The third kappa shape index (κ3) is 17.5. The molecule has 2 aromatic rings. The minimum atomic E-state index is 0. The number of hydrogen-bond acceptors (Lipinski definition) is 3. The second-order valence-electron chi connectivity index (χ2n) is 7.50. The molecular weight excluding hydrogens is 394 g/mol. The fourth-order valence-electron chi connectivity index (χ4n) is 2.34. The largest absolute Gasteiger partial charge is 1.00 e. The van der Waals surface area contributed by atoms with Crippen molar-refractivity contribution >= 4 is 23.5 Å². The first-order chi connectivity index (χ1) is 13.5. The third-order valence-corrected chi connectivity index (χ3v) is 6.50. The van der Waals surface area contributed by atoms with Crippen LogP contribution in [0.4, 0.5) is 0 Å². The third-order valence-electron chi connectivity index (χ3n) is 3.84. The molecule has 2 rings (SSSR count). The first-order valence-corrected chi connectivity index (χ1v) is 11.9. The molecule has 0 N–H and O–H groups in total. The van der Waals surface area contributed by atoms with Crippen LogP contribution in [0.15, 0.2) is 82.8 Å². The summed E-state index contributed by atoms with van der Waals surface area (Å²) in [5.74, 6) is 1.51.